The van der Waals surface area contributed by atoms with Gasteiger partial charge >= 0.3 is 0 Å². The highest BCUT2D eigenvalue weighted by molar-refractivity contribution is 5.97. The Bertz CT molecular complexity index is 630. The van der Waals surface area contributed by atoms with Gasteiger partial charge in [-0.05, 0) is 12.1 Å². The van der Waals surface area contributed by atoms with Crippen molar-refractivity contribution in [2.75, 3.05) is 5.73 Å². The van der Waals surface area contributed by atoms with Gasteiger partial charge in [0.2, 0.25) is 0 Å². The van der Waals surface area contributed by atoms with Crippen molar-refractivity contribution in [1.29, 1.82) is 0 Å². The van der Waals surface area contributed by atoms with Crippen LogP contribution in [0.15, 0.2) is 30.9 Å². The summed E-state index contributed by atoms with van der Waals surface area (Å²) in [5.41, 5.74) is 8.05. The number of pyridine rings is 1. The topological polar surface area (TPSA) is 93.4 Å². The Morgan fingerprint density at radius 3 is 3.00 bits per heavy atom. The van der Waals surface area contributed by atoms with Crippen LogP contribution in [0.2, 0.25) is 0 Å². The lowest BCUT2D eigenvalue weighted by Crippen LogP contribution is -1.92. The van der Waals surface area contributed by atoms with E-state index in [1.807, 2.05) is 12.1 Å². The molecule has 0 aliphatic rings. The normalized spacial score (nSPS) is 10.8. The van der Waals surface area contributed by atoms with E-state index in [1.54, 1.807) is 12.4 Å². The molecule has 0 aromatic carbocycles. The van der Waals surface area contributed by atoms with Crippen LogP contribution in [-0.4, -0.2) is 25.1 Å². The first-order valence-corrected chi connectivity index (χ1v) is 4.71. The van der Waals surface area contributed by atoms with E-state index in [9.17, 15) is 0 Å². The molecule has 16 heavy (non-hydrogen) atoms. The smallest absolute Gasteiger partial charge is 0.161 e. The Morgan fingerprint density at radius 2 is 2.19 bits per heavy atom. The molecule has 78 valence electrons. The third-order valence-electron chi connectivity index (χ3n) is 2.32. The number of fused-ring (bicyclic) bond motifs is 1. The zero-order valence-corrected chi connectivity index (χ0v) is 8.25. The van der Waals surface area contributed by atoms with Crippen LogP contribution in [0.25, 0.3) is 22.3 Å². The first-order chi connectivity index (χ1) is 7.86. The molecule has 3 rings (SSSR count). The standard InChI is InChI=1S/C10H8N6/c11-9-7-8(6-2-1-3-12-4-6)15-16-10(7)14-5-13-9/h1-5H,(H3,11,13,14,15,16). The van der Waals surface area contributed by atoms with Gasteiger partial charge in [-0.2, -0.15) is 5.10 Å². The van der Waals surface area contributed by atoms with Crippen LogP contribution in [0.3, 0.4) is 0 Å². The van der Waals surface area contributed by atoms with Gasteiger partial charge in [0.05, 0.1) is 5.39 Å². The van der Waals surface area contributed by atoms with Crippen molar-refractivity contribution in [3.63, 3.8) is 0 Å². The van der Waals surface area contributed by atoms with Crippen molar-refractivity contribution in [2.24, 2.45) is 0 Å². The minimum atomic E-state index is 0.414. The van der Waals surface area contributed by atoms with E-state index in [0.29, 0.717) is 11.5 Å². The molecule has 0 radical (unpaired) electrons. The number of anilines is 1. The summed E-state index contributed by atoms with van der Waals surface area (Å²) in [7, 11) is 0. The minimum Gasteiger partial charge on any atom is -0.383 e. The summed E-state index contributed by atoms with van der Waals surface area (Å²) in [6.07, 6.45) is 4.84. The number of hydrogen-bond donors (Lipinski definition) is 2. The molecule has 0 bridgehead atoms. The van der Waals surface area contributed by atoms with Gasteiger partial charge in [-0.1, -0.05) is 0 Å². The van der Waals surface area contributed by atoms with Crippen LogP contribution in [0.4, 0.5) is 5.82 Å². The molecule has 3 aromatic heterocycles. The summed E-state index contributed by atoms with van der Waals surface area (Å²) in [5.74, 6) is 0.414. The maximum Gasteiger partial charge on any atom is 0.161 e. The van der Waals surface area contributed by atoms with Gasteiger partial charge in [0.15, 0.2) is 5.65 Å². The monoisotopic (exact) mass is 212 g/mol. The van der Waals surface area contributed by atoms with Gasteiger partial charge in [0.25, 0.3) is 0 Å². The number of nitrogens with one attached hydrogen (secondary N) is 1. The van der Waals surface area contributed by atoms with E-state index in [1.165, 1.54) is 6.33 Å². The number of hydrogen-bond acceptors (Lipinski definition) is 5. The highest BCUT2D eigenvalue weighted by Gasteiger charge is 2.12. The van der Waals surface area contributed by atoms with E-state index in [4.69, 9.17) is 5.73 Å². The lowest BCUT2D eigenvalue weighted by atomic mass is 10.1. The maximum atomic E-state index is 5.81. The molecule has 6 heteroatoms. The molecular weight excluding hydrogens is 204 g/mol. The van der Waals surface area contributed by atoms with Crippen molar-refractivity contribution >= 4 is 16.9 Å². The van der Waals surface area contributed by atoms with Gasteiger partial charge in [0.1, 0.15) is 17.8 Å². The van der Waals surface area contributed by atoms with Gasteiger partial charge < -0.3 is 5.73 Å². The summed E-state index contributed by atoms with van der Waals surface area (Å²) in [6, 6.07) is 3.75. The van der Waals surface area contributed by atoms with Crippen LogP contribution < -0.4 is 5.73 Å². The second-order valence-electron chi connectivity index (χ2n) is 3.30. The first kappa shape index (κ1) is 8.78. The summed E-state index contributed by atoms with van der Waals surface area (Å²) < 4.78 is 0. The Kier molecular flexibility index (Phi) is 1.79. The second kappa shape index (κ2) is 3.27. The Hall–Kier alpha value is -2.50. The number of aromatic amines is 1. The second-order valence-corrected chi connectivity index (χ2v) is 3.30. The molecule has 3 heterocycles. The van der Waals surface area contributed by atoms with Crippen LogP contribution in [0, 0.1) is 0 Å². The minimum absolute atomic E-state index is 0.414. The molecule has 0 fully saturated rings. The molecule has 0 amide bonds. The molecule has 3 N–H and O–H groups in total. The largest absolute Gasteiger partial charge is 0.383 e. The predicted molar refractivity (Wildman–Crippen MR) is 59.3 cm³/mol. The molecular formula is C10H8N6. The number of aromatic nitrogens is 5. The fourth-order valence-electron chi connectivity index (χ4n) is 1.59. The summed E-state index contributed by atoms with van der Waals surface area (Å²) in [4.78, 5) is 12.1. The number of nitrogens with zero attached hydrogens (tertiary/aromatic N) is 4. The third-order valence-corrected chi connectivity index (χ3v) is 2.32. The third kappa shape index (κ3) is 1.20. The van der Waals surface area contributed by atoms with Crippen LogP contribution in [-0.2, 0) is 0 Å². The van der Waals surface area contributed by atoms with Crippen molar-refractivity contribution in [3.8, 4) is 11.3 Å². The van der Waals surface area contributed by atoms with E-state index in [2.05, 4.69) is 25.1 Å². The lowest BCUT2D eigenvalue weighted by molar-refractivity contribution is 1.09. The average molecular weight is 212 g/mol. The fraction of sp³-hybridized carbons (Fsp3) is 0. The van der Waals surface area contributed by atoms with Gasteiger partial charge in [-0.15, -0.1) is 0 Å². The lowest BCUT2D eigenvalue weighted by Gasteiger charge is -1.97. The van der Waals surface area contributed by atoms with Gasteiger partial charge in [0, 0.05) is 18.0 Å². The molecule has 3 aromatic rings. The number of nitrogen functional groups attached to an aromatic ring is 1. The zero-order chi connectivity index (χ0) is 11.0. The van der Waals surface area contributed by atoms with Crippen molar-refractivity contribution in [1.82, 2.24) is 25.1 Å². The molecule has 6 nitrogen and oxygen atoms in total. The SMILES string of the molecule is Nc1ncnc2[nH]nc(-c3cccnc3)c12. The molecule has 0 spiro atoms. The number of H-pyrrole nitrogens is 1. The molecule has 0 atom stereocenters. The Balaban J connectivity index is 2.33. The molecule has 0 aliphatic carbocycles. The van der Waals surface area contributed by atoms with E-state index in [-0.39, 0.29) is 0 Å². The summed E-state index contributed by atoms with van der Waals surface area (Å²) in [5, 5.41) is 7.73. The van der Waals surface area contributed by atoms with E-state index < -0.39 is 0 Å². The average Bonchev–Trinajstić information content (AvgIpc) is 2.75. The van der Waals surface area contributed by atoms with Crippen LogP contribution in [0.1, 0.15) is 0 Å². The highest BCUT2D eigenvalue weighted by atomic mass is 15.2. The molecule has 0 saturated heterocycles. The van der Waals surface area contributed by atoms with Crippen LogP contribution >= 0.6 is 0 Å². The van der Waals surface area contributed by atoms with Crippen molar-refractivity contribution < 1.29 is 0 Å². The van der Waals surface area contributed by atoms with Gasteiger partial charge in [-0.3, -0.25) is 10.1 Å². The van der Waals surface area contributed by atoms with E-state index >= 15 is 0 Å². The zero-order valence-electron chi connectivity index (χ0n) is 8.25. The van der Waals surface area contributed by atoms with E-state index in [0.717, 1.165) is 16.6 Å². The number of nitrogens with two attached hydrogens (primary N) is 1. The molecule has 0 aliphatic heterocycles. The fourth-order valence-corrected chi connectivity index (χ4v) is 1.59. The number of rotatable bonds is 1. The highest BCUT2D eigenvalue weighted by Crippen LogP contribution is 2.27. The Labute approximate surface area is 90.6 Å². The first-order valence-electron chi connectivity index (χ1n) is 4.71. The van der Waals surface area contributed by atoms with Gasteiger partial charge in [-0.25, -0.2) is 9.97 Å². The molecule has 0 unspecified atom stereocenters. The van der Waals surface area contributed by atoms with Crippen molar-refractivity contribution in [2.45, 2.75) is 0 Å². The summed E-state index contributed by atoms with van der Waals surface area (Å²) in [6.45, 7) is 0. The van der Waals surface area contributed by atoms with Crippen LogP contribution in [0.5, 0.6) is 0 Å². The maximum absolute atomic E-state index is 5.81. The summed E-state index contributed by atoms with van der Waals surface area (Å²) >= 11 is 0. The van der Waals surface area contributed by atoms with Crippen molar-refractivity contribution in [3.05, 3.63) is 30.9 Å². The molecule has 0 saturated carbocycles. The predicted octanol–water partition coefficient (Wildman–Crippen LogP) is 0.997. The quantitative estimate of drug-likeness (QED) is 0.627. The Morgan fingerprint density at radius 1 is 1.25 bits per heavy atom.